The van der Waals surface area contributed by atoms with Crippen LogP contribution >= 0.6 is 11.3 Å². The van der Waals surface area contributed by atoms with Gasteiger partial charge < -0.3 is 9.84 Å². The minimum Gasteiger partial charge on any atom is -0.461 e. The van der Waals surface area contributed by atoms with Crippen LogP contribution in [0.2, 0.25) is 0 Å². The number of aliphatic hydroxyl groups is 1. The smallest absolute Gasteiger partial charge is 0.312 e. The Hall–Kier alpha value is -1.02. The Kier molecular flexibility index (Phi) is 5.08. The summed E-state index contributed by atoms with van der Waals surface area (Å²) in [5.74, 6) is 0.0171. The molecule has 3 saturated heterocycles. The van der Waals surface area contributed by atoms with Crippen molar-refractivity contribution in [1.82, 2.24) is 14.8 Å². The maximum Gasteiger partial charge on any atom is 0.312 e. The molecule has 7 heteroatoms. The Morgan fingerprint density at radius 3 is 2.68 bits per heavy atom. The van der Waals surface area contributed by atoms with Crippen LogP contribution in [-0.2, 0) is 16.1 Å². The maximum atomic E-state index is 12.6. The number of nitrogens with zero attached hydrogens (tertiary/aromatic N) is 3. The summed E-state index contributed by atoms with van der Waals surface area (Å²) in [6, 6.07) is 0. The van der Waals surface area contributed by atoms with Crippen molar-refractivity contribution in [3.8, 4) is 0 Å². The first-order chi connectivity index (χ1) is 12.1. The first-order valence-corrected chi connectivity index (χ1v) is 10.2. The summed E-state index contributed by atoms with van der Waals surface area (Å²) in [6.45, 7) is 5.41. The van der Waals surface area contributed by atoms with Gasteiger partial charge in [-0.15, -0.1) is 11.3 Å². The average Bonchev–Trinajstić information content (AvgIpc) is 3.21. The van der Waals surface area contributed by atoms with Crippen molar-refractivity contribution in [1.29, 1.82) is 0 Å². The lowest BCUT2D eigenvalue weighted by Crippen LogP contribution is -2.42. The summed E-state index contributed by atoms with van der Waals surface area (Å²) < 4.78 is 5.75. The zero-order chi connectivity index (χ0) is 17.3. The highest BCUT2D eigenvalue weighted by Crippen LogP contribution is 2.43. The number of ether oxygens (including phenoxy) is 1. The molecule has 3 fully saturated rings. The molecule has 4 rings (SSSR count). The summed E-state index contributed by atoms with van der Waals surface area (Å²) in [4.78, 5) is 21.7. The summed E-state index contributed by atoms with van der Waals surface area (Å²) in [5, 5.41) is 12.8. The minimum atomic E-state index is -0.265. The van der Waals surface area contributed by atoms with Crippen LogP contribution in [0.15, 0.2) is 11.6 Å². The van der Waals surface area contributed by atoms with Crippen molar-refractivity contribution in [2.45, 2.75) is 50.9 Å². The second-order valence-electron chi connectivity index (χ2n) is 7.75. The number of esters is 1. The number of cyclic esters (lactones) is 1. The molecule has 0 saturated carbocycles. The van der Waals surface area contributed by atoms with Crippen molar-refractivity contribution in [2.24, 2.45) is 5.41 Å². The number of hydrogen-bond donors (Lipinski definition) is 1. The lowest BCUT2D eigenvalue weighted by Gasteiger charge is -2.36. The van der Waals surface area contributed by atoms with Gasteiger partial charge in [-0.1, -0.05) is 0 Å². The van der Waals surface area contributed by atoms with E-state index in [9.17, 15) is 9.90 Å². The zero-order valence-corrected chi connectivity index (χ0v) is 15.4. The van der Waals surface area contributed by atoms with E-state index in [2.05, 4.69) is 14.8 Å². The molecule has 0 amide bonds. The number of aliphatic hydroxyl groups excluding tert-OH is 1. The fraction of sp³-hybridized carbons (Fsp3) is 0.778. The average molecular weight is 365 g/mol. The van der Waals surface area contributed by atoms with Crippen molar-refractivity contribution in [3.05, 3.63) is 16.6 Å². The molecule has 1 aromatic rings. The van der Waals surface area contributed by atoms with Crippen molar-refractivity contribution < 1.29 is 14.6 Å². The number of thiazole rings is 1. The Balaban J connectivity index is 1.29. The Labute approximate surface area is 152 Å². The molecule has 0 aromatic carbocycles. The van der Waals surface area contributed by atoms with Gasteiger partial charge in [0.2, 0.25) is 0 Å². The molecule has 3 aliphatic heterocycles. The predicted molar refractivity (Wildman–Crippen MR) is 95.2 cm³/mol. The van der Waals surface area contributed by atoms with Crippen molar-refractivity contribution in [2.75, 3.05) is 32.7 Å². The third-order valence-corrected chi connectivity index (χ3v) is 6.76. The lowest BCUT2D eigenvalue weighted by atomic mass is 9.76. The van der Waals surface area contributed by atoms with E-state index in [1.165, 1.54) is 0 Å². The number of rotatable bonds is 4. The SMILES string of the molecule is O=C1OC(CN2CCC(O)CC2)CC12CCN(Cc1nccs1)CC2. The molecule has 1 spiro atoms. The van der Waals surface area contributed by atoms with Crippen molar-refractivity contribution in [3.63, 3.8) is 0 Å². The number of likely N-dealkylation sites (tertiary alicyclic amines) is 2. The number of aromatic nitrogens is 1. The predicted octanol–water partition coefficient (Wildman–Crippen LogP) is 1.50. The molecule has 4 heterocycles. The molecule has 6 nitrogen and oxygen atoms in total. The van der Waals surface area contributed by atoms with E-state index in [1.807, 2.05) is 11.6 Å². The second kappa shape index (κ2) is 7.31. The Morgan fingerprint density at radius 2 is 2.00 bits per heavy atom. The topological polar surface area (TPSA) is 65.9 Å². The van der Waals surface area contributed by atoms with E-state index in [0.29, 0.717) is 0 Å². The van der Waals surface area contributed by atoms with Gasteiger partial charge in [-0.25, -0.2) is 4.98 Å². The van der Waals surface area contributed by atoms with Crippen LogP contribution in [0.3, 0.4) is 0 Å². The van der Waals surface area contributed by atoms with Gasteiger partial charge in [0.25, 0.3) is 0 Å². The molecule has 0 bridgehead atoms. The van der Waals surface area contributed by atoms with Gasteiger partial charge in [0.15, 0.2) is 0 Å². The third-order valence-electron chi connectivity index (χ3n) is 6.00. The lowest BCUT2D eigenvalue weighted by molar-refractivity contribution is -0.151. The highest BCUT2D eigenvalue weighted by Gasteiger charge is 2.50. The Bertz CT molecular complexity index is 578. The summed E-state index contributed by atoms with van der Waals surface area (Å²) in [6.07, 6.45) is 6.03. The Morgan fingerprint density at radius 1 is 1.24 bits per heavy atom. The van der Waals surface area contributed by atoms with Gasteiger partial charge in [-0.3, -0.25) is 14.6 Å². The second-order valence-corrected chi connectivity index (χ2v) is 8.72. The van der Waals surface area contributed by atoms with Gasteiger partial charge in [-0.05, 0) is 38.8 Å². The van der Waals surface area contributed by atoms with Crippen LogP contribution in [0.4, 0.5) is 0 Å². The molecule has 3 aliphatic rings. The van der Waals surface area contributed by atoms with Crippen LogP contribution in [0.25, 0.3) is 0 Å². The van der Waals surface area contributed by atoms with Crippen LogP contribution in [0.5, 0.6) is 0 Å². The first-order valence-electron chi connectivity index (χ1n) is 9.35. The summed E-state index contributed by atoms with van der Waals surface area (Å²) >= 11 is 1.69. The van der Waals surface area contributed by atoms with E-state index in [-0.39, 0.29) is 23.6 Å². The van der Waals surface area contributed by atoms with Crippen LogP contribution in [0.1, 0.15) is 37.1 Å². The normalized spacial score (nSPS) is 28.5. The fourth-order valence-corrected chi connectivity index (χ4v) is 5.06. The van der Waals surface area contributed by atoms with Gasteiger partial charge in [-0.2, -0.15) is 0 Å². The van der Waals surface area contributed by atoms with E-state index in [4.69, 9.17) is 4.74 Å². The quantitative estimate of drug-likeness (QED) is 0.816. The van der Waals surface area contributed by atoms with E-state index < -0.39 is 0 Å². The molecule has 138 valence electrons. The molecule has 1 atom stereocenters. The number of carbonyl (C=O) groups is 1. The number of carbonyl (C=O) groups excluding carboxylic acids is 1. The zero-order valence-electron chi connectivity index (χ0n) is 14.6. The van der Waals surface area contributed by atoms with Gasteiger partial charge >= 0.3 is 5.97 Å². The van der Waals surface area contributed by atoms with Gasteiger partial charge in [0.05, 0.1) is 18.1 Å². The third kappa shape index (κ3) is 3.89. The molecular weight excluding hydrogens is 338 g/mol. The molecule has 0 aliphatic carbocycles. The fourth-order valence-electron chi connectivity index (χ4n) is 4.40. The highest BCUT2D eigenvalue weighted by molar-refractivity contribution is 7.09. The minimum absolute atomic E-state index is 0.0171. The summed E-state index contributed by atoms with van der Waals surface area (Å²) in [5.41, 5.74) is -0.265. The molecule has 1 N–H and O–H groups in total. The van der Waals surface area contributed by atoms with E-state index in [0.717, 1.165) is 76.4 Å². The maximum absolute atomic E-state index is 12.6. The van der Waals surface area contributed by atoms with Crippen molar-refractivity contribution >= 4 is 17.3 Å². The molecule has 25 heavy (non-hydrogen) atoms. The molecule has 0 radical (unpaired) electrons. The molecular formula is C18H27N3O3S. The monoisotopic (exact) mass is 365 g/mol. The van der Waals surface area contributed by atoms with E-state index in [1.54, 1.807) is 11.3 Å². The number of piperidine rings is 2. The molecule has 1 unspecified atom stereocenters. The van der Waals surface area contributed by atoms with Crippen LogP contribution in [0, 0.1) is 5.41 Å². The molecule has 1 aromatic heterocycles. The summed E-state index contributed by atoms with van der Waals surface area (Å²) in [7, 11) is 0. The first kappa shape index (κ1) is 17.4. The largest absolute Gasteiger partial charge is 0.461 e. The van der Waals surface area contributed by atoms with Crippen LogP contribution in [-0.4, -0.2) is 70.8 Å². The van der Waals surface area contributed by atoms with Crippen LogP contribution < -0.4 is 0 Å². The van der Waals surface area contributed by atoms with E-state index >= 15 is 0 Å². The number of hydrogen-bond acceptors (Lipinski definition) is 7. The van der Waals surface area contributed by atoms with Gasteiger partial charge in [0.1, 0.15) is 11.1 Å². The van der Waals surface area contributed by atoms with Gasteiger partial charge in [0, 0.05) is 37.6 Å². The standard InChI is InChI=1S/C18H27N3O3S/c22-14-1-6-20(7-2-14)12-15-11-18(17(23)24-15)3-8-21(9-4-18)13-16-19-5-10-25-16/h5,10,14-15,22H,1-4,6-9,11-13H2. The highest BCUT2D eigenvalue weighted by atomic mass is 32.1.